The highest BCUT2D eigenvalue weighted by molar-refractivity contribution is 7.89. The number of halogens is 2. The number of benzene rings is 1. The minimum Gasteiger partial charge on any atom is -0.328 e. The number of hydrogen-bond donors (Lipinski definition) is 2. The molecule has 4 nitrogen and oxygen atoms in total. The predicted octanol–water partition coefficient (Wildman–Crippen LogP) is 1.57. The van der Waals surface area contributed by atoms with Gasteiger partial charge in [-0.3, -0.25) is 0 Å². The molecular formula is C11H18ClFN2O2S. The van der Waals surface area contributed by atoms with Gasteiger partial charge in [0.1, 0.15) is 5.82 Å². The molecule has 0 fully saturated rings. The van der Waals surface area contributed by atoms with Gasteiger partial charge in [-0.05, 0) is 44.0 Å². The van der Waals surface area contributed by atoms with Crippen molar-refractivity contribution in [2.24, 2.45) is 5.73 Å². The summed E-state index contributed by atoms with van der Waals surface area (Å²) < 4.78 is 39.0. The van der Waals surface area contributed by atoms with Gasteiger partial charge in [-0.25, -0.2) is 17.5 Å². The second-order valence-electron chi connectivity index (χ2n) is 4.07. The predicted molar refractivity (Wildman–Crippen MR) is 71.8 cm³/mol. The van der Waals surface area contributed by atoms with Crippen LogP contribution in [-0.2, 0) is 10.0 Å². The van der Waals surface area contributed by atoms with E-state index in [4.69, 9.17) is 5.73 Å². The number of nitrogens with one attached hydrogen (secondary N) is 1. The summed E-state index contributed by atoms with van der Waals surface area (Å²) in [6.45, 7) is 3.60. The molecule has 0 aliphatic carbocycles. The molecule has 1 atom stereocenters. The lowest BCUT2D eigenvalue weighted by Gasteiger charge is -2.09. The Balaban J connectivity index is 0.00000289. The number of hydrogen-bond acceptors (Lipinski definition) is 3. The lowest BCUT2D eigenvalue weighted by atomic mass is 10.2. The van der Waals surface area contributed by atoms with E-state index in [1.54, 1.807) is 6.92 Å². The van der Waals surface area contributed by atoms with Gasteiger partial charge < -0.3 is 5.73 Å². The first kappa shape index (κ1) is 17.3. The minimum atomic E-state index is -3.57. The van der Waals surface area contributed by atoms with E-state index < -0.39 is 15.8 Å². The molecule has 3 N–H and O–H groups in total. The zero-order valence-electron chi connectivity index (χ0n) is 10.3. The third-order valence-corrected chi connectivity index (χ3v) is 3.79. The third-order valence-electron chi connectivity index (χ3n) is 2.33. The second-order valence-corrected chi connectivity index (χ2v) is 5.84. The van der Waals surface area contributed by atoms with Gasteiger partial charge in [-0.2, -0.15) is 0 Å². The molecule has 104 valence electrons. The molecule has 1 aromatic rings. The summed E-state index contributed by atoms with van der Waals surface area (Å²) in [6.07, 6.45) is 0.555. The van der Waals surface area contributed by atoms with E-state index in [0.29, 0.717) is 12.0 Å². The van der Waals surface area contributed by atoms with Crippen molar-refractivity contribution in [1.29, 1.82) is 0 Å². The normalized spacial score (nSPS) is 12.9. The van der Waals surface area contributed by atoms with Crippen molar-refractivity contribution in [1.82, 2.24) is 4.72 Å². The van der Waals surface area contributed by atoms with Crippen molar-refractivity contribution in [2.75, 3.05) is 6.54 Å². The summed E-state index contributed by atoms with van der Waals surface area (Å²) in [6, 6.07) is 3.64. The molecule has 0 aromatic heterocycles. The van der Waals surface area contributed by atoms with Crippen molar-refractivity contribution in [3.05, 3.63) is 29.6 Å². The Bertz CT molecular complexity index is 492. The molecule has 0 bridgehead atoms. The summed E-state index contributed by atoms with van der Waals surface area (Å²) in [5.74, 6) is -0.417. The first-order valence-electron chi connectivity index (χ1n) is 5.34. The van der Waals surface area contributed by atoms with Crippen LogP contribution in [0.15, 0.2) is 23.1 Å². The number of sulfonamides is 1. The molecule has 18 heavy (non-hydrogen) atoms. The Labute approximate surface area is 113 Å². The molecule has 0 radical (unpaired) electrons. The quantitative estimate of drug-likeness (QED) is 0.866. The summed E-state index contributed by atoms with van der Waals surface area (Å²) in [4.78, 5) is 0.0704. The molecule has 0 amide bonds. The van der Waals surface area contributed by atoms with Crippen LogP contribution in [-0.4, -0.2) is 21.0 Å². The molecule has 0 aliphatic heterocycles. The molecule has 1 unspecified atom stereocenters. The second kappa shape index (κ2) is 7.04. The molecule has 0 saturated carbocycles. The molecule has 1 rings (SSSR count). The fourth-order valence-electron chi connectivity index (χ4n) is 1.29. The van der Waals surface area contributed by atoms with Crippen molar-refractivity contribution in [2.45, 2.75) is 31.2 Å². The van der Waals surface area contributed by atoms with Gasteiger partial charge in [-0.15, -0.1) is 12.4 Å². The van der Waals surface area contributed by atoms with E-state index in [9.17, 15) is 12.8 Å². The summed E-state index contributed by atoms with van der Waals surface area (Å²) >= 11 is 0. The largest absolute Gasteiger partial charge is 0.328 e. The van der Waals surface area contributed by atoms with Crippen molar-refractivity contribution >= 4 is 22.4 Å². The van der Waals surface area contributed by atoms with E-state index in [-0.39, 0.29) is 29.9 Å². The van der Waals surface area contributed by atoms with Gasteiger partial charge >= 0.3 is 0 Å². The maximum Gasteiger partial charge on any atom is 0.240 e. The highest BCUT2D eigenvalue weighted by Crippen LogP contribution is 2.13. The van der Waals surface area contributed by atoms with E-state index in [0.717, 1.165) is 6.07 Å². The van der Waals surface area contributed by atoms with Crippen LogP contribution in [0.4, 0.5) is 4.39 Å². The van der Waals surface area contributed by atoms with Crippen molar-refractivity contribution in [3.63, 3.8) is 0 Å². The average molecular weight is 297 g/mol. The molecule has 0 aliphatic rings. The van der Waals surface area contributed by atoms with Crippen LogP contribution in [0.25, 0.3) is 0 Å². The Hall–Kier alpha value is -0.690. The molecular weight excluding hydrogens is 279 g/mol. The van der Waals surface area contributed by atoms with Gasteiger partial charge in [-0.1, -0.05) is 0 Å². The zero-order chi connectivity index (χ0) is 13.1. The summed E-state index contributed by atoms with van der Waals surface area (Å²) in [5, 5.41) is 0. The summed E-state index contributed by atoms with van der Waals surface area (Å²) in [5.41, 5.74) is 5.83. The number of rotatable bonds is 5. The van der Waals surface area contributed by atoms with E-state index in [1.165, 1.54) is 19.1 Å². The highest BCUT2D eigenvalue weighted by Gasteiger charge is 2.14. The Morgan fingerprint density at radius 1 is 1.44 bits per heavy atom. The van der Waals surface area contributed by atoms with Gasteiger partial charge in [0.15, 0.2) is 0 Å². The van der Waals surface area contributed by atoms with Crippen molar-refractivity contribution < 1.29 is 12.8 Å². The van der Waals surface area contributed by atoms with Crippen LogP contribution in [0.3, 0.4) is 0 Å². The van der Waals surface area contributed by atoms with Gasteiger partial charge in [0.05, 0.1) is 4.90 Å². The fraction of sp³-hybridized carbons (Fsp3) is 0.455. The molecule has 0 heterocycles. The zero-order valence-corrected chi connectivity index (χ0v) is 11.9. The van der Waals surface area contributed by atoms with Crippen LogP contribution in [0.1, 0.15) is 18.9 Å². The third kappa shape index (κ3) is 4.89. The van der Waals surface area contributed by atoms with Gasteiger partial charge in [0, 0.05) is 12.6 Å². The molecule has 1 aromatic carbocycles. The smallest absolute Gasteiger partial charge is 0.240 e. The standard InChI is InChI=1S/C11H17FN2O2S.ClH/c1-8-7-10(3-4-11(8)12)17(15,16)14-6-5-9(2)13;/h3-4,7,9,14H,5-6,13H2,1-2H3;1H. The summed E-state index contributed by atoms with van der Waals surface area (Å²) in [7, 11) is -3.57. The molecule has 0 saturated heterocycles. The number of nitrogens with two attached hydrogens (primary N) is 1. The first-order valence-corrected chi connectivity index (χ1v) is 6.82. The average Bonchev–Trinajstić information content (AvgIpc) is 2.21. The number of aryl methyl sites for hydroxylation is 1. The maximum atomic E-state index is 13.0. The molecule has 0 spiro atoms. The van der Waals surface area contributed by atoms with E-state index in [2.05, 4.69) is 4.72 Å². The highest BCUT2D eigenvalue weighted by atomic mass is 35.5. The lowest BCUT2D eigenvalue weighted by molar-refractivity contribution is 0.570. The Morgan fingerprint density at radius 2 is 2.06 bits per heavy atom. The van der Waals surface area contributed by atoms with Crippen LogP contribution in [0, 0.1) is 12.7 Å². The molecule has 7 heteroatoms. The van der Waals surface area contributed by atoms with Crippen LogP contribution in [0.2, 0.25) is 0 Å². The minimum absolute atomic E-state index is 0. The first-order chi connectivity index (χ1) is 7.83. The van der Waals surface area contributed by atoms with Crippen LogP contribution in [0.5, 0.6) is 0 Å². The van der Waals surface area contributed by atoms with Gasteiger partial charge in [0.2, 0.25) is 10.0 Å². The Kier molecular flexibility index (Phi) is 6.77. The van der Waals surface area contributed by atoms with Crippen LogP contribution >= 0.6 is 12.4 Å². The van der Waals surface area contributed by atoms with Crippen molar-refractivity contribution in [3.8, 4) is 0 Å². The van der Waals surface area contributed by atoms with Crippen LogP contribution < -0.4 is 10.5 Å². The topological polar surface area (TPSA) is 72.2 Å². The van der Waals surface area contributed by atoms with E-state index >= 15 is 0 Å². The SMILES string of the molecule is Cc1cc(S(=O)(=O)NCCC(C)N)ccc1F.Cl. The monoisotopic (exact) mass is 296 g/mol. The van der Waals surface area contributed by atoms with E-state index in [1.807, 2.05) is 0 Å². The Morgan fingerprint density at radius 3 is 2.56 bits per heavy atom. The fourth-order valence-corrected chi connectivity index (χ4v) is 2.42. The maximum absolute atomic E-state index is 13.0. The lowest BCUT2D eigenvalue weighted by Crippen LogP contribution is -2.29. The van der Waals surface area contributed by atoms with Gasteiger partial charge in [0.25, 0.3) is 0 Å².